The first kappa shape index (κ1) is 24.4. The van der Waals surface area contributed by atoms with Crippen molar-refractivity contribution >= 4 is 35.3 Å². The molecule has 1 aliphatic heterocycles. The molecule has 1 aliphatic rings. The van der Waals surface area contributed by atoms with Gasteiger partial charge in [0.05, 0.1) is 4.92 Å². The van der Waals surface area contributed by atoms with Crippen molar-refractivity contribution in [2.45, 2.75) is 6.54 Å². The molecular formula is C27H26ClN3O4. The molecule has 0 N–H and O–H groups in total. The summed E-state index contributed by atoms with van der Waals surface area (Å²) in [5, 5.41) is 11.5. The highest BCUT2D eigenvalue weighted by molar-refractivity contribution is 6.30. The second-order valence-corrected chi connectivity index (χ2v) is 8.76. The van der Waals surface area contributed by atoms with Crippen molar-refractivity contribution in [3.8, 4) is 5.75 Å². The molecule has 3 aromatic carbocycles. The Morgan fingerprint density at radius 3 is 2.03 bits per heavy atom. The number of ether oxygens (including phenoxy) is 1. The molecule has 0 radical (unpaired) electrons. The molecule has 1 amide bonds. The molecule has 35 heavy (non-hydrogen) atoms. The Labute approximate surface area is 209 Å². The van der Waals surface area contributed by atoms with Gasteiger partial charge in [-0.15, -0.1) is 0 Å². The number of nitro groups is 1. The Hall–Kier alpha value is -3.68. The highest BCUT2D eigenvalue weighted by atomic mass is 35.5. The van der Waals surface area contributed by atoms with Crippen LogP contribution in [0.4, 0.5) is 5.69 Å². The van der Waals surface area contributed by atoms with Crippen molar-refractivity contribution in [1.82, 2.24) is 9.80 Å². The normalized spacial score (nSPS) is 14.3. The molecule has 8 heteroatoms. The number of amides is 1. The topological polar surface area (TPSA) is 75.9 Å². The van der Waals surface area contributed by atoms with E-state index < -0.39 is 4.92 Å². The van der Waals surface area contributed by atoms with Crippen molar-refractivity contribution in [2.24, 2.45) is 0 Å². The zero-order chi connectivity index (χ0) is 24.6. The summed E-state index contributed by atoms with van der Waals surface area (Å²) in [6.45, 7) is 3.87. The number of piperazine rings is 1. The van der Waals surface area contributed by atoms with Crippen molar-refractivity contribution < 1.29 is 14.5 Å². The largest absolute Gasteiger partial charge is 0.484 e. The number of carbonyl (C=O) groups excluding carboxylic acids is 1. The van der Waals surface area contributed by atoms with Crippen LogP contribution in [-0.2, 0) is 11.3 Å². The van der Waals surface area contributed by atoms with Crippen LogP contribution in [0.3, 0.4) is 0 Å². The molecule has 1 heterocycles. The SMILES string of the molecule is O=C(COc1ccc(/C=C/c2ccc([N+](=O)[O-])cc2)cc1)N1CCN(Cc2ccc(Cl)cc2)CC1. The second-order valence-electron chi connectivity index (χ2n) is 8.32. The van der Waals surface area contributed by atoms with Gasteiger partial charge in [0.25, 0.3) is 11.6 Å². The van der Waals surface area contributed by atoms with Crippen LogP contribution in [0.15, 0.2) is 72.8 Å². The number of benzene rings is 3. The minimum atomic E-state index is -0.417. The lowest BCUT2D eigenvalue weighted by Crippen LogP contribution is -2.49. The summed E-state index contributed by atoms with van der Waals surface area (Å²) in [6.07, 6.45) is 3.80. The number of nitrogens with zero attached hydrogens (tertiary/aromatic N) is 3. The van der Waals surface area contributed by atoms with Gasteiger partial charge in [-0.3, -0.25) is 19.8 Å². The summed E-state index contributed by atoms with van der Waals surface area (Å²) in [4.78, 5) is 27.1. The number of halogens is 1. The molecule has 7 nitrogen and oxygen atoms in total. The van der Waals surface area contributed by atoms with E-state index in [0.29, 0.717) is 18.8 Å². The zero-order valence-corrected chi connectivity index (χ0v) is 19.9. The van der Waals surface area contributed by atoms with Gasteiger partial charge in [0.15, 0.2) is 6.61 Å². The van der Waals surface area contributed by atoms with Crippen LogP contribution in [0.5, 0.6) is 5.75 Å². The first-order valence-corrected chi connectivity index (χ1v) is 11.7. The Bertz CT molecular complexity index is 1170. The van der Waals surface area contributed by atoms with E-state index in [9.17, 15) is 14.9 Å². The Balaban J connectivity index is 1.20. The van der Waals surface area contributed by atoms with E-state index in [1.807, 2.05) is 65.6 Å². The second kappa shape index (κ2) is 11.6. The smallest absolute Gasteiger partial charge is 0.269 e. The molecule has 0 bridgehead atoms. The summed E-state index contributed by atoms with van der Waals surface area (Å²) in [5.41, 5.74) is 3.11. The lowest BCUT2D eigenvalue weighted by Gasteiger charge is -2.34. The fourth-order valence-corrected chi connectivity index (χ4v) is 3.94. The van der Waals surface area contributed by atoms with Crippen molar-refractivity contribution in [1.29, 1.82) is 0 Å². The molecule has 180 valence electrons. The van der Waals surface area contributed by atoms with Crippen LogP contribution in [0.25, 0.3) is 12.2 Å². The summed E-state index contributed by atoms with van der Waals surface area (Å²) < 4.78 is 5.70. The van der Waals surface area contributed by atoms with Crippen molar-refractivity contribution in [3.05, 3.63) is 105 Å². The van der Waals surface area contributed by atoms with E-state index in [0.717, 1.165) is 35.8 Å². The Morgan fingerprint density at radius 1 is 0.886 bits per heavy atom. The maximum absolute atomic E-state index is 12.6. The highest BCUT2D eigenvalue weighted by Crippen LogP contribution is 2.17. The average Bonchev–Trinajstić information content (AvgIpc) is 2.88. The molecule has 0 unspecified atom stereocenters. The van der Waals surface area contributed by atoms with Crippen molar-refractivity contribution in [2.75, 3.05) is 32.8 Å². The molecule has 0 spiro atoms. The summed E-state index contributed by atoms with van der Waals surface area (Å²) in [5.74, 6) is 0.616. The number of carbonyl (C=O) groups is 1. The van der Waals surface area contributed by atoms with Crippen LogP contribution in [0.2, 0.25) is 5.02 Å². The predicted molar refractivity (Wildman–Crippen MR) is 137 cm³/mol. The molecule has 1 saturated heterocycles. The molecule has 3 aromatic rings. The third-order valence-corrected chi connectivity index (χ3v) is 6.11. The Kier molecular flexibility index (Phi) is 8.13. The first-order chi connectivity index (χ1) is 17.0. The van der Waals surface area contributed by atoms with Gasteiger partial charge in [-0.2, -0.15) is 0 Å². The number of nitro benzene ring substituents is 1. The van der Waals surface area contributed by atoms with E-state index in [1.54, 1.807) is 12.1 Å². The molecule has 0 saturated carbocycles. The molecular weight excluding hydrogens is 466 g/mol. The monoisotopic (exact) mass is 491 g/mol. The van der Waals surface area contributed by atoms with Gasteiger partial charge in [-0.25, -0.2) is 0 Å². The van der Waals surface area contributed by atoms with Gasteiger partial charge < -0.3 is 9.64 Å². The van der Waals surface area contributed by atoms with E-state index in [4.69, 9.17) is 16.3 Å². The summed E-state index contributed by atoms with van der Waals surface area (Å²) in [7, 11) is 0. The molecule has 0 aromatic heterocycles. The highest BCUT2D eigenvalue weighted by Gasteiger charge is 2.21. The first-order valence-electron chi connectivity index (χ1n) is 11.4. The average molecular weight is 492 g/mol. The van der Waals surface area contributed by atoms with Crippen LogP contribution >= 0.6 is 11.6 Å². The van der Waals surface area contributed by atoms with Crippen LogP contribution < -0.4 is 4.74 Å². The number of hydrogen-bond donors (Lipinski definition) is 0. The molecule has 0 atom stereocenters. The minimum Gasteiger partial charge on any atom is -0.484 e. The standard InChI is InChI=1S/C27H26ClN3O4/c28-24-9-3-23(4-10-24)19-29-15-17-30(18-16-29)27(32)20-35-26-13-7-22(8-14-26)2-1-21-5-11-25(12-6-21)31(33)34/h1-14H,15-20H2/b2-1+. The van der Waals surface area contributed by atoms with Gasteiger partial charge in [0.2, 0.25) is 0 Å². The number of non-ortho nitro benzene ring substituents is 1. The summed E-state index contributed by atoms with van der Waals surface area (Å²) in [6, 6.07) is 21.7. The lowest BCUT2D eigenvalue weighted by atomic mass is 10.1. The fraction of sp³-hybridized carbons (Fsp3) is 0.222. The Morgan fingerprint density at radius 2 is 1.46 bits per heavy atom. The van der Waals surface area contributed by atoms with Crippen LogP contribution in [0, 0.1) is 10.1 Å². The molecule has 0 aliphatic carbocycles. The van der Waals surface area contributed by atoms with E-state index >= 15 is 0 Å². The lowest BCUT2D eigenvalue weighted by molar-refractivity contribution is -0.384. The molecule has 4 rings (SSSR count). The third-order valence-electron chi connectivity index (χ3n) is 5.86. The quantitative estimate of drug-likeness (QED) is 0.248. The van der Waals surface area contributed by atoms with Gasteiger partial charge >= 0.3 is 0 Å². The van der Waals surface area contributed by atoms with Crippen LogP contribution in [0.1, 0.15) is 16.7 Å². The van der Waals surface area contributed by atoms with Gasteiger partial charge in [-0.1, -0.05) is 48.0 Å². The minimum absolute atomic E-state index is 0.00909. The molecule has 1 fully saturated rings. The fourth-order valence-electron chi connectivity index (χ4n) is 3.81. The van der Waals surface area contributed by atoms with E-state index in [2.05, 4.69) is 4.90 Å². The maximum Gasteiger partial charge on any atom is 0.269 e. The van der Waals surface area contributed by atoms with E-state index in [1.165, 1.54) is 17.7 Å². The predicted octanol–water partition coefficient (Wildman–Crippen LogP) is 5.14. The van der Waals surface area contributed by atoms with Gasteiger partial charge in [0, 0.05) is 49.9 Å². The third kappa shape index (κ3) is 7.15. The summed E-state index contributed by atoms with van der Waals surface area (Å²) >= 11 is 5.95. The van der Waals surface area contributed by atoms with Crippen LogP contribution in [-0.4, -0.2) is 53.4 Å². The van der Waals surface area contributed by atoms with E-state index in [-0.39, 0.29) is 18.2 Å². The van der Waals surface area contributed by atoms with Crippen molar-refractivity contribution in [3.63, 3.8) is 0 Å². The number of rotatable bonds is 8. The van der Waals surface area contributed by atoms with Gasteiger partial charge in [0.1, 0.15) is 5.75 Å². The van der Waals surface area contributed by atoms with Gasteiger partial charge in [-0.05, 0) is 53.1 Å². The maximum atomic E-state index is 12.6. The number of hydrogen-bond acceptors (Lipinski definition) is 5. The zero-order valence-electron chi connectivity index (χ0n) is 19.2.